The second-order valence-electron chi connectivity index (χ2n) is 5.33. The van der Waals surface area contributed by atoms with Gasteiger partial charge in [0.15, 0.2) is 0 Å². The van der Waals surface area contributed by atoms with E-state index >= 15 is 0 Å². The summed E-state index contributed by atoms with van der Waals surface area (Å²) in [6.07, 6.45) is 1.44. The van der Waals surface area contributed by atoms with E-state index in [2.05, 4.69) is 4.99 Å². The molecule has 1 unspecified atom stereocenters. The minimum atomic E-state index is 0.0369. The first-order valence-corrected chi connectivity index (χ1v) is 7.25. The molecule has 0 heterocycles. The van der Waals surface area contributed by atoms with Gasteiger partial charge < -0.3 is 5.73 Å². The quantitative estimate of drug-likeness (QED) is 0.687. The van der Waals surface area contributed by atoms with Gasteiger partial charge in [-0.1, -0.05) is 48.4 Å². The number of nitrogens with two attached hydrogens (primary N) is 1. The number of carbonyl (C=O) groups excluding carboxylic acids is 1. The van der Waals surface area contributed by atoms with Crippen molar-refractivity contribution in [1.82, 2.24) is 0 Å². The van der Waals surface area contributed by atoms with Crippen LogP contribution in [-0.4, -0.2) is 19.0 Å². The van der Waals surface area contributed by atoms with Crippen LogP contribution in [0, 0.1) is 12.8 Å². The fraction of sp³-hybridized carbons (Fsp3) is 0.294. The van der Waals surface area contributed by atoms with Gasteiger partial charge in [-0.15, -0.1) is 0 Å². The standard InChI is InChI=1S/C17H19ClN2O/c1-10-4-6-12(7-5-10)17(20-3)15-14(19)8-11(2)13(9-21)16(15)18/h4-7,9,11H,8,19H2,1-3H3. The van der Waals surface area contributed by atoms with Crippen molar-refractivity contribution in [1.29, 1.82) is 0 Å². The zero-order chi connectivity index (χ0) is 15.6. The molecule has 110 valence electrons. The highest BCUT2D eigenvalue weighted by atomic mass is 35.5. The van der Waals surface area contributed by atoms with Crippen LogP contribution in [0.1, 0.15) is 24.5 Å². The van der Waals surface area contributed by atoms with Crippen molar-refractivity contribution >= 4 is 23.6 Å². The molecule has 4 heteroatoms. The summed E-state index contributed by atoms with van der Waals surface area (Å²) in [5, 5.41) is 0.419. The topological polar surface area (TPSA) is 55.4 Å². The molecule has 0 amide bonds. The Labute approximate surface area is 130 Å². The van der Waals surface area contributed by atoms with E-state index in [0.717, 1.165) is 17.6 Å². The Bertz CT molecular complexity index is 654. The van der Waals surface area contributed by atoms with Crippen LogP contribution in [0.3, 0.4) is 0 Å². The summed E-state index contributed by atoms with van der Waals surface area (Å²) in [6.45, 7) is 3.98. The maximum atomic E-state index is 11.3. The van der Waals surface area contributed by atoms with Gasteiger partial charge >= 0.3 is 0 Å². The summed E-state index contributed by atoms with van der Waals surface area (Å²) in [5.41, 5.74) is 11.0. The first kappa shape index (κ1) is 15.5. The first-order valence-electron chi connectivity index (χ1n) is 6.87. The number of hydrogen-bond donors (Lipinski definition) is 1. The Morgan fingerprint density at radius 2 is 2.00 bits per heavy atom. The van der Waals surface area contributed by atoms with E-state index < -0.39 is 0 Å². The molecule has 0 spiro atoms. The predicted molar refractivity (Wildman–Crippen MR) is 87.6 cm³/mol. The molecule has 2 rings (SSSR count). The summed E-state index contributed by atoms with van der Waals surface area (Å²) in [5.74, 6) is 0.0369. The average molecular weight is 303 g/mol. The van der Waals surface area contributed by atoms with Crippen LogP contribution in [-0.2, 0) is 4.79 Å². The van der Waals surface area contributed by atoms with Gasteiger partial charge in [0.05, 0.1) is 10.7 Å². The predicted octanol–water partition coefficient (Wildman–Crippen LogP) is 3.36. The van der Waals surface area contributed by atoms with Gasteiger partial charge in [-0.3, -0.25) is 9.79 Å². The van der Waals surface area contributed by atoms with Crippen LogP contribution in [0.15, 0.2) is 51.1 Å². The zero-order valence-electron chi connectivity index (χ0n) is 12.5. The monoisotopic (exact) mass is 302 g/mol. The van der Waals surface area contributed by atoms with E-state index in [-0.39, 0.29) is 5.92 Å². The molecule has 1 aliphatic rings. The number of aryl methyl sites for hydroxylation is 1. The molecule has 1 aromatic carbocycles. The van der Waals surface area contributed by atoms with Crippen molar-refractivity contribution in [3.8, 4) is 0 Å². The molecule has 0 saturated heterocycles. The fourth-order valence-electron chi connectivity index (χ4n) is 2.56. The Hall–Kier alpha value is -1.87. The molecular weight excluding hydrogens is 284 g/mol. The van der Waals surface area contributed by atoms with Crippen LogP contribution in [0.25, 0.3) is 0 Å². The largest absolute Gasteiger partial charge is 0.401 e. The van der Waals surface area contributed by atoms with Gasteiger partial charge in [-0.05, 0) is 19.3 Å². The minimum absolute atomic E-state index is 0.0369. The highest BCUT2D eigenvalue weighted by Crippen LogP contribution is 2.35. The lowest BCUT2D eigenvalue weighted by atomic mass is 9.85. The SMILES string of the molecule is CN=C(C1=C(N)CC(C)C(C=O)=C1Cl)c1ccc(C)cc1. The van der Waals surface area contributed by atoms with Crippen molar-refractivity contribution in [3.05, 3.63) is 57.3 Å². The van der Waals surface area contributed by atoms with E-state index in [1.807, 2.05) is 38.1 Å². The van der Waals surface area contributed by atoms with Crippen LogP contribution >= 0.6 is 11.6 Å². The van der Waals surface area contributed by atoms with E-state index in [4.69, 9.17) is 17.3 Å². The van der Waals surface area contributed by atoms with Crippen LogP contribution in [0.5, 0.6) is 0 Å². The Balaban J connectivity index is 2.57. The van der Waals surface area contributed by atoms with Gasteiger partial charge in [0.25, 0.3) is 0 Å². The van der Waals surface area contributed by atoms with Crippen LogP contribution in [0.2, 0.25) is 0 Å². The number of allylic oxidation sites excluding steroid dienone is 4. The third-order valence-corrected chi connectivity index (χ3v) is 4.17. The maximum Gasteiger partial charge on any atom is 0.147 e. The Morgan fingerprint density at radius 3 is 2.52 bits per heavy atom. The number of rotatable bonds is 3. The average Bonchev–Trinajstić information content (AvgIpc) is 2.45. The van der Waals surface area contributed by atoms with Gasteiger partial charge in [0.2, 0.25) is 0 Å². The number of carbonyl (C=O) groups is 1. The Kier molecular flexibility index (Phi) is 4.63. The highest BCUT2D eigenvalue weighted by Gasteiger charge is 2.27. The van der Waals surface area contributed by atoms with Crippen molar-refractivity contribution in [2.75, 3.05) is 7.05 Å². The van der Waals surface area contributed by atoms with Crippen molar-refractivity contribution in [2.24, 2.45) is 16.6 Å². The minimum Gasteiger partial charge on any atom is -0.401 e. The van der Waals surface area contributed by atoms with Gasteiger partial charge in [-0.2, -0.15) is 0 Å². The molecule has 3 nitrogen and oxygen atoms in total. The summed E-state index contributed by atoms with van der Waals surface area (Å²) < 4.78 is 0. The smallest absolute Gasteiger partial charge is 0.147 e. The van der Waals surface area contributed by atoms with Crippen LogP contribution in [0.4, 0.5) is 0 Å². The van der Waals surface area contributed by atoms with Gasteiger partial charge in [0.1, 0.15) is 6.29 Å². The third-order valence-electron chi connectivity index (χ3n) is 3.76. The molecule has 0 bridgehead atoms. The van der Waals surface area contributed by atoms with Gasteiger partial charge in [-0.25, -0.2) is 0 Å². The fourth-order valence-corrected chi connectivity index (χ4v) is 3.01. The van der Waals surface area contributed by atoms with Crippen molar-refractivity contribution in [3.63, 3.8) is 0 Å². The lowest BCUT2D eigenvalue weighted by molar-refractivity contribution is -0.105. The van der Waals surface area contributed by atoms with E-state index in [1.54, 1.807) is 7.05 Å². The zero-order valence-corrected chi connectivity index (χ0v) is 13.2. The Morgan fingerprint density at radius 1 is 1.38 bits per heavy atom. The van der Waals surface area contributed by atoms with Gasteiger partial charge in [0, 0.05) is 29.5 Å². The van der Waals surface area contributed by atoms with E-state index in [0.29, 0.717) is 28.3 Å². The lowest BCUT2D eigenvalue weighted by Gasteiger charge is -2.24. The summed E-state index contributed by atoms with van der Waals surface area (Å²) in [4.78, 5) is 15.6. The number of halogens is 1. The molecule has 1 aromatic rings. The number of hydrogen-bond acceptors (Lipinski definition) is 3. The molecule has 0 aliphatic heterocycles. The normalized spacial score (nSPS) is 20.0. The molecule has 0 aromatic heterocycles. The van der Waals surface area contributed by atoms with Crippen molar-refractivity contribution in [2.45, 2.75) is 20.3 Å². The van der Waals surface area contributed by atoms with E-state index in [1.165, 1.54) is 5.56 Å². The molecule has 0 fully saturated rings. The highest BCUT2D eigenvalue weighted by molar-refractivity contribution is 6.39. The summed E-state index contributed by atoms with van der Waals surface area (Å²) >= 11 is 6.42. The first-order chi connectivity index (χ1) is 9.99. The summed E-state index contributed by atoms with van der Waals surface area (Å²) in [6, 6.07) is 8.00. The molecule has 21 heavy (non-hydrogen) atoms. The second kappa shape index (κ2) is 6.27. The molecule has 2 N–H and O–H groups in total. The molecule has 1 aliphatic carbocycles. The number of benzene rings is 1. The number of aliphatic imine (C=N–C) groups is 1. The molecule has 0 radical (unpaired) electrons. The lowest BCUT2D eigenvalue weighted by Crippen LogP contribution is -2.22. The number of aldehydes is 1. The summed E-state index contributed by atoms with van der Waals surface area (Å²) in [7, 11) is 1.71. The van der Waals surface area contributed by atoms with E-state index in [9.17, 15) is 4.79 Å². The second-order valence-corrected chi connectivity index (χ2v) is 5.71. The van der Waals surface area contributed by atoms with Crippen LogP contribution < -0.4 is 5.73 Å². The third kappa shape index (κ3) is 2.93. The maximum absolute atomic E-state index is 11.3. The molecule has 1 atom stereocenters. The molecule has 0 saturated carbocycles. The molecular formula is C17H19ClN2O. The number of nitrogens with zero attached hydrogens (tertiary/aromatic N) is 1. The van der Waals surface area contributed by atoms with Crippen molar-refractivity contribution < 1.29 is 4.79 Å².